The van der Waals surface area contributed by atoms with Crippen molar-refractivity contribution in [1.82, 2.24) is 15.5 Å². The number of urea groups is 1. The molecule has 0 aliphatic carbocycles. The number of nitrogens with one attached hydrogen (secondary N) is 2. The first kappa shape index (κ1) is 25.0. The molecule has 2 N–H and O–H groups in total. The topological polar surface area (TPSA) is 79.9 Å². The summed E-state index contributed by atoms with van der Waals surface area (Å²) in [4.78, 5) is 28.0. The Morgan fingerprint density at radius 3 is 2.28 bits per heavy atom. The molecule has 0 fully saturated rings. The summed E-state index contributed by atoms with van der Waals surface area (Å²) >= 11 is 0. The molecule has 1 unspecified atom stereocenters. The van der Waals surface area contributed by atoms with E-state index in [1.807, 2.05) is 42.5 Å². The van der Waals surface area contributed by atoms with Gasteiger partial charge in [0.1, 0.15) is 11.9 Å². The van der Waals surface area contributed by atoms with Gasteiger partial charge in [0.25, 0.3) is 0 Å². The first-order valence-corrected chi connectivity index (χ1v) is 11.8. The van der Waals surface area contributed by atoms with Crippen LogP contribution in [-0.4, -0.2) is 43.6 Å². The van der Waals surface area contributed by atoms with Crippen molar-refractivity contribution in [2.75, 3.05) is 20.8 Å². The lowest BCUT2D eigenvalue weighted by Gasteiger charge is -2.31. The number of fused-ring (bicyclic) bond motifs is 1. The van der Waals surface area contributed by atoms with Crippen LogP contribution in [0.2, 0.25) is 0 Å². The van der Waals surface area contributed by atoms with Crippen LogP contribution in [0.5, 0.6) is 11.5 Å². The summed E-state index contributed by atoms with van der Waals surface area (Å²) in [5, 5.41) is 5.79. The third-order valence-corrected chi connectivity index (χ3v) is 6.28. The van der Waals surface area contributed by atoms with Crippen molar-refractivity contribution >= 4 is 11.9 Å². The molecule has 1 atom stereocenters. The summed E-state index contributed by atoms with van der Waals surface area (Å²) in [6, 6.07) is 18.2. The SMILES string of the molecule is COc1cc2c(cc1OC)CN(C(=O)NC(Cc1ccccc1)C(=O)NCc1ccc(F)cc1)CC2. The maximum atomic E-state index is 13.2. The molecular formula is C28H30FN3O4. The molecule has 0 saturated carbocycles. The van der Waals surface area contributed by atoms with Gasteiger partial charge in [0.15, 0.2) is 11.5 Å². The van der Waals surface area contributed by atoms with Gasteiger partial charge in [-0.25, -0.2) is 9.18 Å². The van der Waals surface area contributed by atoms with Gasteiger partial charge in [-0.1, -0.05) is 42.5 Å². The second-order valence-electron chi connectivity index (χ2n) is 8.68. The Morgan fingerprint density at radius 1 is 0.944 bits per heavy atom. The van der Waals surface area contributed by atoms with E-state index in [2.05, 4.69) is 10.6 Å². The number of amides is 3. The Hall–Kier alpha value is -4.07. The number of carbonyl (C=O) groups is 2. The molecule has 0 radical (unpaired) electrons. The maximum absolute atomic E-state index is 13.2. The molecule has 1 aliphatic heterocycles. The Kier molecular flexibility index (Phi) is 8.05. The second kappa shape index (κ2) is 11.6. The number of hydrogen-bond acceptors (Lipinski definition) is 4. The molecule has 3 amide bonds. The second-order valence-corrected chi connectivity index (χ2v) is 8.68. The Balaban J connectivity index is 1.45. The van der Waals surface area contributed by atoms with Crippen LogP contribution in [0, 0.1) is 5.82 Å². The smallest absolute Gasteiger partial charge is 0.318 e. The number of hydrogen-bond donors (Lipinski definition) is 2. The summed E-state index contributed by atoms with van der Waals surface area (Å²) in [5.74, 6) is 0.634. The molecule has 3 aromatic rings. The number of methoxy groups -OCH3 is 2. The predicted molar refractivity (Wildman–Crippen MR) is 134 cm³/mol. The van der Waals surface area contributed by atoms with E-state index >= 15 is 0 Å². The number of nitrogens with zero attached hydrogens (tertiary/aromatic N) is 1. The number of rotatable bonds is 8. The highest BCUT2D eigenvalue weighted by atomic mass is 19.1. The molecule has 8 heteroatoms. The predicted octanol–water partition coefficient (Wildman–Crippen LogP) is 3.84. The standard InChI is InChI=1S/C28H30FN3O4/c1-35-25-15-21-12-13-32(18-22(21)16-26(25)36-2)28(34)31-24(14-19-6-4-3-5-7-19)27(33)30-17-20-8-10-23(29)11-9-20/h3-11,15-16,24H,12-14,17-18H2,1-2H3,(H,30,33)(H,31,34). The lowest BCUT2D eigenvalue weighted by molar-refractivity contribution is -0.123. The van der Waals surface area contributed by atoms with E-state index < -0.39 is 6.04 Å². The summed E-state index contributed by atoms with van der Waals surface area (Å²) in [5.41, 5.74) is 3.79. The average molecular weight is 492 g/mol. The fourth-order valence-electron chi connectivity index (χ4n) is 4.27. The summed E-state index contributed by atoms with van der Waals surface area (Å²) in [6.45, 7) is 1.15. The van der Waals surface area contributed by atoms with Gasteiger partial charge >= 0.3 is 6.03 Å². The van der Waals surface area contributed by atoms with Gasteiger partial charge in [-0.05, 0) is 52.9 Å². The van der Waals surface area contributed by atoms with Crippen molar-refractivity contribution < 1.29 is 23.5 Å². The molecular weight excluding hydrogens is 461 g/mol. The number of ether oxygens (including phenoxy) is 2. The minimum absolute atomic E-state index is 0.235. The van der Waals surface area contributed by atoms with Gasteiger partial charge in [0.05, 0.1) is 14.2 Å². The van der Waals surface area contributed by atoms with Crippen LogP contribution in [0.4, 0.5) is 9.18 Å². The van der Waals surface area contributed by atoms with Crippen molar-refractivity contribution in [1.29, 1.82) is 0 Å². The van der Waals surface area contributed by atoms with Crippen LogP contribution >= 0.6 is 0 Å². The molecule has 0 saturated heterocycles. The van der Waals surface area contributed by atoms with E-state index in [4.69, 9.17) is 9.47 Å². The Bertz CT molecular complexity index is 1200. The van der Waals surface area contributed by atoms with Crippen molar-refractivity contribution in [3.8, 4) is 11.5 Å². The van der Waals surface area contributed by atoms with Crippen molar-refractivity contribution in [2.45, 2.75) is 32.0 Å². The van der Waals surface area contributed by atoms with Crippen LogP contribution in [-0.2, 0) is 30.7 Å². The van der Waals surface area contributed by atoms with Crippen LogP contribution in [0.15, 0.2) is 66.7 Å². The molecule has 7 nitrogen and oxygen atoms in total. The Morgan fingerprint density at radius 2 is 1.61 bits per heavy atom. The number of halogens is 1. The minimum atomic E-state index is -0.771. The number of benzene rings is 3. The highest BCUT2D eigenvalue weighted by Crippen LogP contribution is 2.33. The molecule has 4 rings (SSSR count). The Labute approximate surface area is 210 Å². The van der Waals surface area contributed by atoms with Gasteiger partial charge in [-0.2, -0.15) is 0 Å². The lowest BCUT2D eigenvalue weighted by Crippen LogP contribution is -2.52. The van der Waals surface area contributed by atoms with Crippen molar-refractivity contribution in [3.05, 3.63) is 94.8 Å². The molecule has 0 bridgehead atoms. The maximum Gasteiger partial charge on any atom is 0.318 e. The van der Waals surface area contributed by atoms with E-state index in [9.17, 15) is 14.0 Å². The largest absolute Gasteiger partial charge is 0.493 e. The van der Waals surface area contributed by atoms with Crippen LogP contribution < -0.4 is 20.1 Å². The molecule has 0 aromatic heterocycles. The monoisotopic (exact) mass is 491 g/mol. The van der Waals surface area contributed by atoms with Crippen LogP contribution in [0.3, 0.4) is 0 Å². The van der Waals surface area contributed by atoms with Gasteiger partial charge in [0.2, 0.25) is 5.91 Å². The molecule has 1 heterocycles. The number of carbonyl (C=O) groups excluding carboxylic acids is 2. The summed E-state index contributed by atoms with van der Waals surface area (Å²) in [7, 11) is 3.18. The van der Waals surface area contributed by atoms with E-state index in [0.29, 0.717) is 37.4 Å². The van der Waals surface area contributed by atoms with Crippen LogP contribution in [0.25, 0.3) is 0 Å². The third kappa shape index (κ3) is 6.13. The summed E-state index contributed by atoms with van der Waals surface area (Å²) in [6.07, 6.45) is 1.01. The van der Waals surface area contributed by atoms with Gasteiger partial charge in [-0.15, -0.1) is 0 Å². The fraction of sp³-hybridized carbons (Fsp3) is 0.286. The van der Waals surface area contributed by atoms with E-state index in [-0.39, 0.29) is 24.3 Å². The van der Waals surface area contributed by atoms with Crippen molar-refractivity contribution in [3.63, 3.8) is 0 Å². The van der Waals surface area contributed by atoms with Crippen molar-refractivity contribution in [2.24, 2.45) is 0 Å². The average Bonchev–Trinajstić information content (AvgIpc) is 2.91. The first-order valence-electron chi connectivity index (χ1n) is 11.8. The third-order valence-electron chi connectivity index (χ3n) is 6.28. The molecule has 36 heavy (non-hydrogen) atoms. The molecule has 1 aliphatic rings. The van der Waals surface area contributed by atoms with E-state index in [1.165, 1.54) is 12.1 Å². The quantitative estimate of drug-likeness (QED) is 0.502. The highest BCUT2D eigenvalue weighted by molar-refractivity contribution is 5.87. The van der Waals surface area contributed by atoms with Gasteiger partial charge in [0, 0.05) is 26.1 Å². The lowest BCUT2D eigenvalue weighted by atomic mass is 9.99. The van der Waals surface area contributed by atoms with E-state index in [1.54, 1.807) is 31.3 Å². The molecule has 188 valence electrons. The normalized spacial score (nSPS) is 13.4. The van der Waals surface area contributed by atoms with Gasteiger partial charge in [-0.3, -0.25) is 4.79 Å². The minimum Gasteiger partial charge on any atom is -0.493 e. The zero-order valence-electron chi connectivity index (χ0n) is 20.4. The molecule has 0 spiro atoms. The molecule has 3 aromatic carbocycles. The highest BCUT2D eigenvalue weighted by Gasteiger charge is 2.27. The zero-order chi connectivity index (χ0) is 25.5. The van der Waals surface area contributed by atoms with E-state index in [0.717, 1.165) is 22.3 Å². The zero-order valence-corrected chi connectivity index (χ0v) is 20.4. The summed E-state index contributed by atoms with van der Waals surface area (Å²) < 4.78 is 24.0. The first-order chi connectivity index (χ1) is 17.5. The van der Waals surface area contributed by atoms with Gasteiger partial charge < -0.3 is 25.0 Å². The van der Waals surface area contributed by atoms with Crippen LogP contribution in [0.1, 0.15) is 22.3 Å². The fourth-order valence-corrected chi connectivity index (χ4v) is 4.27.